The molecule has 1 aromatic heterocycles. The molecule has 7 heteroatoms. The van der Waals surface area contributed by atoms with Gasteiger partial charge in [-0.2, -0.15) is 5.10 Å². The van der Waals surface area contributed by atoms with Gasteiger partial charge in [0.1, 0.15) is 5.69 Å². The lowest BCUT2D eigenvalue weighted by Gasteiger charge is -2.11. The number of primary amides is 1. The topological polar surface area (TPSA) is 85.0 Å². The summed E-state index contributed by atoms with van der Waals surface area (Å²) >= 11 is 5.24. The molecule has 0 aliphatic heterocycles. The zero-order valence-corrected chi connectivity index (χ0v) is 13.4. The lowest BCUT2D eigenvalue weighted by Crippen LogP contribution is -2.29. The van der Waals surface area contributed by atoms with Crippen molar-refractivity contribution in [3.8, 4) is 0 Å². The minimum Gasteiger partial charge on any atom is -0.364 e. The van der Waals surface area contributed by atoms with Crippen molar-refractivity contribution in [1.82, 2.24) is 15.1 Å². The van der Waals surface area contributed by atoms with Crippen LogP contribution in [0.4, 0.5) is 5.69 Å². The Bertz CT molecular complexity index is 678. The highest BCUT2D eigenvalue weighted by Crippen LogP contribution is 2.14. The second kappa shape index (κ2) is 7.04. The molecule has 6 nitrogen and oxygen atoms in total. The summed E-state index contributed by atoms with van der Waals surface area (Å²) < 4.78 is 1.53. The van der Waals surface area contributed by atoms with Crippen LogP contribution < -0.4 is 16.4 Å². The standard InChI is InChI=1S/C15H19N5OS/c1-3-20-13(14(16)21)12(9-18-20)19-15(22)17-8-11-6-4-10(2)5-7-11/h4-7,9H,3,8H2,1-2H3,(H2,16,21)(H2,17,19,22). The van der Waals surface area contributed by atoms with Crippen LogP contribution in [0.25, 0.3) is 0 Å². The Balaban J connectivity index is 1.99. The third-order valence-corrected chi connectivity index (χ3v) is 3.44. The van der Waals surface area contributed by atoms with Gasteiger partial charge in [0.25, 0.3) is 5.91 Å². The summed E-state index contributed by atoms with van der Waals surface area (Å²) in [5.41, 5.74) is 8.55. The number of anilines is 1. The second-order valence-electron chi connectivity index (χ2n) is 4.88. The summed E-state index contributed by atoms with van der Waals surface area (Å²) in [5.74, 6) is -0.539. The molecular formula is C15H19N5OS. The number of amides is 1. The molecule has 0 radical (unpaired) electrons. The van der Waals surface area contributed by atoms with E-state index in [9.17, 15) is 4.79 Å². The number of nitrogens with zero attached hydrogens (tertiary/aromatic N) is 2. The van der Waals surface area contributed by atoms with Crippen LogP contribution in [0, 0.1) is 6.92 Å². The first-order valence-electron chi connectivity index (χ1n) is 6.97. The van der Waals surface area contributed by atoms with Crippen LogP contribution in [0.3, 0.4) is 0 Å². The molecule has 0 unspecified atom stereocenters. The zero-order chi connectivity index (χ0) is 16.1. The Labute approximate surface area is 134 Å². The van der Waals surface area contributed by atoms with E-state index in [1.807, 2.05) is 38.1 Å². The highest BCUT2D eigenvalue weighted by molar-refractivity contribution is 7.80. The van der Waals surface area contributed by atoms with Gasteiger partial charge in [-0.05, 0) is 31.6 Å². The third-order valence-electron chi connectivity index (χ3n) is 3.19. The minimum atomic E-state index is -0.539. The fourth-order valence-electron chi connectivity index (χ4n) is 2.03. The number of nitrogens with one attached hydrogen (secondary N) is 2. The van der Waals surface area contributed by atoms with Gasteiger partial charge < -0.3 is 16.4 Å². The average Bonchev–Trinajstić information content (AvgIpc) is 2.89. The number of hydrogen-bond donors (Lipinski definition) is 3. The van der Waals surface area contributed by atoms with Crippen molar-refractivity contribution >= 4 is 28.9 Å². The van der Waals surface area contributed by atoms with Crippen molar-refractivity contribution < 1.29 is 4.79 Å². The normalized spacial score (nSPS) is 10.3. The molecule has 2 rings (SSSR count). The number of rotatable bonds is 5. The first-order valence-corrected chi connectivity index (χ1v) is 7.38. The van der Waals surface area contributed by atoms with E-state index >= 15 is 0 Å². The van der Waals surface area contributed by atoms with E-state index in [2.05, 4.69) is 15.7 Å². The summed E-state index contributed by atoms with van der Waals surface area (Å²) in [6.45, 7) is 5.08. The lowest BCUT2D eigenvalue weighted by molar-refractivity contribution is 0.0991. The molecule has 1 aromatic carbocycles. The van der Waals surface area contributed by atoms with Crippen molar-refractivity contribution in [3.63, 3.8) is 0 Å². The molecule has 4 N–H and O–H groups in total. The molecule has 0 saturated heterocycles. The molecule has 0 aliphatic rings. The highest BCUT2D eigenvalue weighted by atomic mass is 32.1. The van der Waals surface area contributed by atoms with Gasteiger partial charge in [-0.25, -0.2) is 0 Å². The molecule has 0 saturated carbocycles. The quantitative estimate of drug-likeness (QED) is 0.732. The van der Waals surface area contributed by atoms with Gasteiger partial charge >= 0.3 is 0 Å². The molecular weight excluding hydrogens is 298 g/mol. The van der Waals surface area contributed by atoms with E-state index in [1.54, 1.807) is 6.20 Å². The van der Waals surface area contributed by atoms with Gasteiger partial charge in [0.2, 0.25) is 0 Å². The monoisotopic (exact) mass is 317 g/mol. The van der Waals surface area contributed by atoms with E-state index in [1.165, 1.54) is 10.2 Å². The Hall–Kier alpha value is -2.41. The first-order chi connectivity index (χ1) is 10.5. The number of carbonyl (C=O) groups excluding carboxylic acids is 1. The van der Waals surface area contributed by atoms with Crippen LogP contribution in [0.15, 0.2) is 30.5 Å². The fraction of sp³-hybridized carbons (Fsp3) is 0.267. The van der Waals surface area contributed by atoms with Crippen molar-refractivity contribution in [3.05, 3.63) is 47.3 Å². The summed E-state index contributed by atoms with van der Waals surface area (Å²) in [6.07, 6.45) is 1.55. The van der Waals surface area contributed by atoms with Crippen molar-refractivity contribution in [2.24, 2.45) is 5.73 Å². The summed E-state index contributed by atoms with van der Waals surface area (Å²) in [5, 5.41) is 10.6. The number of carbonyl (C=O) groups is 1. The molecule has 0 spiro atoms. The average molecular weight is 317 g/mol. The van der Waals surface area contributed by atoms with Gasteiger partial charge in [-0.1, -0.05) is 29.8 Å². The predicted octanol–water partition coefficient (Wildman–Crippen LogP) is 1.80. The van der Waals surface area contributed by atoms with Crippen LogP contribution in [-0.4, -0.2) is 20.8 Å². The molecule has 1 amide bonds. The molecule has 0 atom stereocenters. The van der Waals surface area contributed by atoms with Crippen LogP contribution in [0.1, 0.15) is 28.5 Å². The molecule has 2 aromatic rings. The molecule has 116 valence electrons. The summed E-state index contributed by atoms with van der Waals surface area (Å²) in [6, 6.07) is 8.16. The largest absolute Gasteiger partial charge is 0.364 e. The van der Waals surface area contributed by atoms with Crippen LogP contribution in [0.2, 0.25) is 0 Å². The highest BCUT2D eigenvalue weighted by Gasteiger charge is 2.15. The lowest BCUT2D eigenvalue weighted by atomic mass is 10.1. The number of aromatic nitrogens is 2. The van der Waals surface area contributed by atoms with Crippen LogP contribution >= 0.6 is 12.2 Å². The smallest absolute Gasteiger partial charge is 0.269 e. The van der Waals surface area contributed by atoms with Crippen molar-refractivity contribution in [2.45, 2.75) is 26.9 Å². The Kier molecular flexibility index (Phi) is 5.11. The number of nitrogens with two attached hydrogens (primary N) is 1. The molecule has 0 fully saturated rings. The van der Waals surface area contributed by atoms with Gasteiger partial charge in [-0.3, -0.25) is 9.48 Å². The second-order valence-corrected chi connectivity index (χ2v) is 5.29. The molecule has 0 aliphatic carbocycles. The predicted molar refractivity (Wildman–Crippen MR) is 90.7 cm³/mol. The van der Waals surface area contributed by atoms with Gasteiger partial charge in [0, 0.05) is 13.1 Å². The maximum Gasteiger partial charge on any atom is 0.269 e. The van der Waals surface area contributed by atoms with E-state index in [0.29, 0.717) is 29.6 Å². The summed E-state index contributed by atoms with van der Waals surface area (Å²) in [7, 11) is 0. The Morgan fingerprint density at radius 1 is 1.36 bits per heavy atom. The summed E-state index contributed by atoms with van der Waals surface area (Å²) in [4.78, 5) is 11.5. The van der Waals surface area contributed by atoms with E-state index in [0.717, 1.165) is 5.56 Å². The maximum atomic E-state index is 11.5. The molecule has 1 heterocycles. The third kappa shape index (κ3) is 3.82. The van der Waals surface area contributed by atoms with Crippen molar-refractivity contribution in [2.75, 3.05) is 5.32 Å². The Morgan fingerprint density at radius 3 is 2.64 bits per heavy atom. The van der Waals surface area contributed by atoms with Gasteiger partial charge in [0.15, 0.2) is 5.11 Å². The van der Waals surface area contributed by atoms with Gasteiger partial charge in [-0.15, -0.1) is 0 Å². The van der Waals surface area contributed by atoms with Gasteiger partial charge in [0.05, 0.1) is 11.9 Å². The van der Waals surface area contributed by atoms with E-state index in [-0.39, 0.29) is 0 Å². The van der Waals surface area contributed by atoms with Crippen LogP contribution in [-0.2, 0) is 13.1 Å². The van der Waals surface area contributed by atoms with E-state index < -0.39 is 5.91 Å². The number of benzene rings is 1. The SMILES string of the molecule is CCn1ncc(NC(=S)NCc2ccc(C)cc2)c1C(N)=O. The van der Waals surface area contributed by atoms with E-state index in [4.69, 9.17) is 18.0 Å². The zero-order valence-electron chi connectivity index (χ0n) is 12.6. The molecule has 0 bridgehead atoms. The fourth-order valence-corrected chi connectivity index (χ4v) is 2.21. The number of aryl methyl sites for hydroxylation is 2. The van der Waals surface area contributed by atoms with Crippen LogP contribution in [0.5, 0.6) is 0 Å². The Morgan fingerprint density at radius 2 is 2.05 bits per heavy atom. The molecule has 22 heavy (non-hydrogen) atoms. The minimum absolute atomic E-state index is 0.321. The first kappa shape index (κ1) is 16.0. The maximum absolute atomic E-state index is 11.5. The van der Waals surface area contributed by atoms with Crippen molar-refractivity contribution in [1.29, 1.82) is 0 Å². The number of hydrogen-bond acceptors (Lipinski definition) is 3. The number of thiocarbonyl (C=S) groups is 1.